The summed E-state index contributed by atoms with van der Waals surface area (Å²) in [5.41, 5.74) is 7.15. The van der Waals surface area contributed by atoms with E-state index in [1.807, 2.05) is 18.2 Å². The molecule has 0 saturated heterocycles. The molecule has 0 saturated carbocycles. The van der Waals surface area contributed by atoms with Gasteiger partial charge < -0.3 is 0 Å². The van der Waals surface area contributed by atoms with Gasteiger partial charge in [0, 0.05) is 5.57 Å². The Morgan fingerprint density at radius 1 is 1.60 bits per heavy atom. The average molecular weight is 130 g/mol. The quantitative estimate of drug-likeness (QED) is 0.407. The van der Waals surface area contributed by atoms with Crippen LogP contribution in [0.2, 0.25) is 0 Å². The Labute approximate surface area is 61.6 Å². The van der Waals surface area contributed by atoms with E-state index in [1.165, 1.54) is 5.57 Å². The van der Waals surface area contributed by atoms with Crippen molar-refractivity contribution in [3.8, 4) is 0 Å². The molecular weight excluding hydrogens is 120 g/mol. The Hall–Kier alpha value is -1.22. The second-order valence-electron chi connectivity index (χ2n) is 2.15. The summed E-state index contributed by atoms with van der Waals surface area (Å²) in [6.07, 6.45) is 9.86. The predicted octanol–water partition coefficient (Wildman–Crippen LogP) is 2.76. The van der Waals surface area contributed by atoms with Crippen molar-refractivity contribution in [1.29, 1.82) is 0 Å². The van der Waals surface area contributed by atoms with Crippen LogP contribution >= 0.6 is 0 Å². The van der Waals surface area contributed by atoms with Gasteiger partial charge in [0.05, 0.1) is 0 Å². The van der Waals surface area contributed by atoms with Crippen molar-refractivity contribution in [3.63, 3.8) is 0 Å². The van der Waals surface area contributed by atoms with E-state index >= 15 is 0 Å². The molecule has 0 bridgehead atoms. The molecule has 0 nitrogen and oxygen atoms in total. The smallest absolute Gasteiger partial charge is 0.00271 e. The summed E-state index contributed by atoms with van der Waals surface area (Å²) >= 11 is 0. The molecule has 0 spiro atoms. The van der Waals surface area contributed by atoms with Gasteiger partial charge >= 0.3 is 0 Å². The Bertz CT molecular complexity index is 241. The first kappa shape index (κ1) is 6.89. The fourth-order valence-electron chi connectivity index (χ4n) is 0.792. The van der Waals surface area contributed by atoms with E-state index in [0.717, 1.165) is 12.8 Å². The van der Waals surface area contributed by atoms with Crippen molar-refractivity contribution in [1.82, 2.24) is 0 Å². The maximum absolute atomic E-state index is 3.65. The lowest BCUT2D eigenvalue weighted by Crippen LogP contribution is -1.75. The van der Waals surface area contributed by atoms with Crippen molar-refractivity contribution >= 4 is 0 Å². The zero-order valence-corrected chi connectivity index (χ0v) is 5.93. The van der Waals surface area contributed by atoms with Gasteiger partial charge in [0.1, 0.15) is 0 Å². The summed E-state index contributed by atoms with van der Waals surface area (Å²) in [6, 6.07) is 0. The van der Waals surface area contributed by atoms with Crippen LogP contribution in [0.5, 0.6) is 0 Å². The molecule has 0 aliphatic heterocycles. The van der Waals surface area contributed by atoms with E-state index in [2.05, 4.69) is 24.1 Å². The van der Waals surface area contributed by atoms with Crippen LogP contribution in [0.25, 0.3) is 0 Å². The predicted molar refractivity (Wildman–Crippen MR) is 43.7 cm³/mol. The molecule has 0 heteroatoms. The molecule has 0 amide bonds. The first-order chi connectivity index (χ1) is 4.93. The van der Waals surface area contributed by atoms with Crippen molar-refractivity contribution in [2.24, 2.45) is 0 Å². The highest BCUT2D eigenvalue weighted by Crippen LogP contribution is 2.06. The van der Waals surface area contributed by atoms with Crippen LogP contribution in [0.4, 0.5) is 0 Å². The van der Waals surface area contributed by atoms with Gasteiger partial charge in [-0.1, -0.05) is 23.6 Å². The lowest BCUT2D eigenvalue weighted by atomic mass is 10.1. The van der Waals surface area contributed by atoms with Gasteiger partial charge in [0.25, 0.3) is 0 Å². The van der Waals surface area contributed by atoms with Crippen LogP contribution in [-0.2, 0) is 0 Å². The number of hydrogen-bond donors (Lipinski definition) is 0. The third kappa shape index (κ3) is 1.95. The first-order valence-electron chi connectivity index (χ1n) is 3.41. The largest absolute Gasteiger partial charge is 0.103 e. The molecule has 0 fully saturated rings. The summed E-state index contributed by atoms with van der Waals surface area (Å²) in [5, 5.41) is 0. The Kier molecular flexibility index (Phi) is 2.58. The van der Waals surface area contributed by atoms with Crippen molar-refractivity contribution in [2.45, 2.75) is 12.8 Å². The molecule has 1 aliphatic rings. The fraction of sp³-hybridized carbons (Fsp3) is 0.200. The molecule has 0 heterocycles. The molecule has 0 atom stereocenters. The summed E-state index contributed by atoms with van der Waals surface area (Å²) < 4.78 is 0. The van der Waals surface area contributed by atoms with Gasteiger partial charge in [-0.15, -0.1) is 6.58 Å². The molecule has 0 aromatic rings. The zero-order chi connectivity index (χ0) is 7.23. The van der Waals surface area contributed by atoms with Crippen molar-refractivity contribution < 1.29 is 0 Å². The highest BCUT2D eigenvalue weighted by molar-refractivity contribution is 5.25. The van der Waals surface area contributed by atoms with E-state index in [-0.39, 0.29) is 0 Å². The Morgan fingerprint density at radius 2 is 2.50 bits per heavy atom. The van der Waals surface area contributed by atoms with Gasteiger partial charge in [0.2, 0.25) is 0 Å². The Morgan fingerprint density at radius 3 is 3.10 bits per heavy atom. The van der Waals surface area contributed by atoms with E-state index in [9.17, 15) is 0 Å². The van der Waals surface area contributed by atoms with Crippen LogP contribution < -0.4 is 0 Å². The summed E-state index contributed by atoms with van der Waals surface area (Å²) in [4.78, 5) is 0. The normalized spacial score (nSPS) is 13.4. The Balaban J connectivity index is 2.56. The maximum atomic E-state index is 3.65. The molecule has 0 radical (unpaired) electrons. The standard InChI is InChI=1S/C10H10/c1-2-3-7-10-8-5-4-6-9-10/h2,4-5,8H,1,3,7H2. The fourth-order valence-corrected chi connectivity index (χ4v) is 0.792. The van der Waals surface area contributed by atoms with Crippen LogP contribution in [0, 0.1) is 0 Å². The molecule has 1 rings (SSSR count). The van der Waals surface area contributed by atoms with E-state index in [0.29, 0.717) is 0 Å². The van der Waals surface area contributed by atoms with Crippen molar-refractivity contribution in [2.75, 3.05) is 0 Å². The summed E-state index contributed by atoms with van der Waals surface area (Å²) in [5.74, 6) is 0. The minimum atomic E-state index is 1.02. The van der Waals surface area contributed by atoms with Gasteiger partial charge in [-0.3, -0.25) is 0 Å². The molecular formula is C10H10. The van der Waals surface area contributed by atoms with Gasteiger partial charge in [-0.05, 0) is 25.0 Å². The monoisotopic (exact) mass is 130 g/mol. The van der Waals surface area contributed by atoms with Gasteiger partial charge in [-0.25, -0.2) is 0 Å². The van der Waals surface area contributed by atoms with Crippen LogP contribution in [0.1, 0.15) is 12.8 Å². The highest BCUT2D eigenvalue weighted by atomic mass is 13.9. The van der Waals surface area contributed by atoms with Crippen LogP contribution in [0.15, 0.2) is 47.9 Å². The third-order valence-electron chi connectivity index (χ3n) is 1.33. The molecule has 0 aromatic carbocycles. The number of hydrogen-bond acceptors (Lipinski definition) is 0. The lowest BCUT2D eigenvalue weighted by molar-refractivity contribution is 1.01. The van der Waals surface area contributed by atoms with E-state index in [1.54, 1.807) is 0 Å². The maximum Gasteiger partial charge on any atom is 0.00271 e. The second-order valence-corrected chi connectivity index (χ2v) is 2.15. The molecule has 1 aliphatic carbocycles. The third-order valence-corrected chi connectivity index (χ3v) is 1.33. The number of rotatable bonds is 3. The zero-order valence-electron chi connectivity index (χ0n) is 5.93. The summed E-state index contributed by atoms with van der Waals surface area (Å²) in [7, 11) is 0. The van der Waals surface area contributed by atoms with Crippen LogP contribution in [0.3, 0.4) is 0 Å². The minimum Gasteiger partial charge on any atom is -0.103 e. The van der Waals surface area contributed by atoms with Crippen LogP contribution in [-0.4, -0.2) is 0 Å². The first-order valence-corrected chi connectivity index (χ1v) is 3.41. The van der Waals surface area contributed by atoms with E-state index in [4.69, 9.17) is 0 Å². The number of allylic oxidation sites excluding steroid dienone is 5. The molecule has 0 aromatic heterocycles. The van der Waals surface area contributed by atoms with E-state index < -0.39 is 0 Å². The second kappa shape index (κ2) is 3.74. The van der Waals surface area contributed by atoms with Gasteiger partial charge in [-0.2, -0.15) is 0 Å². The molecule has 50 valence electrons. The summed E-state index contributed by atoms with van der Waals surface area (Å²) in [6.45, 7) is 3.65. The molecule has 0 N–H and O–H groups in total. The topological polar surface area (TPSA) is 0 Å². The SMILES string of the molecule is C=CCCC1=C=C=CC=C1. The average Bonchev–Trinajstić information content (AvgIpc) is 2.03. The van der Waals surface area contributed by atoms with Gasteiger partial charge in [0.15, 0.2) is 0 Å². The molecule has 0 unspecified atom stereocenters. The minimum absolute atomic E-state index is 1.02. The van der Waals surface area contributed by atoms with Crippen molar-refractivity contribution in [3.05, 3.63) is 47.9 Å². The highest BCUT2D eigenvalue weighted by Gasteiger charge is 1.88. The molecule has 10 heavy (non-hydrogen) atoms. The lowest BCUT2D eigenvalue weighted by Gasteiger charge is -1.93.